The predicted molar refractivity (Wildman–Crippen MR) is 113 cm³/mol. The molecule has 3 aromatic carbocycles. The zero-order valence-corrected chi connectivity index (χ0v) is 16.2. The smallest absolute Gasteiger partial charge is 0.329 e. The van der Waals surface area contributed by atoms with Gasteiger partial charge in [-0.3, -0.25) is 9.59 Å². The molecule has 0 aliphatic rings. The zero-order valence-electron chi connectivity index (χ0n) is 16.2. The lowest BCUT2D eigenvalue weighted by atomic mass is 10.2. The molecule has 0 bridgehead atoms. The Morgan fingerprint density at radius 3 is 1.97 bits per heavy atom. The van der Waals surface area contributed by atoms with E-state index in [4.69, 9.17) is 15.2 Å². The van der Waals surface area contributed by atoms with Crippen LogP contribution in [0.15, 0.2) is 84.0 Å². The van der Waals surface area contributed by atoms with Crippen LogP contribution in [0.3, 0.4) is 0 Å². The van der Waals surface area contributed by atoms with Crippen molar-refractivity contribution in [2.75, 3.05) is 0 Å². The van der Waals surface area contributed by atoms with Gasteiger partial charge < -0.3 is 15.2 Å². The topological polar surface area (TPSA) is 103 Å². The van der Waals surface area contributed by atoms with Crippen molar-refractivity contribution in [2.45, 2.75) is 13.2 Å². The standard InChI is InChI=1S/C23H21N3O4/c24-22(27)23(28)26-25-14-19-11-12-20(29-15-17-7-3-1-4-8-17)21(13-19)30-16-18-9-5-2-6-10-18/h1-14H,15-16H2,(H2,24,27)(H,26,28)/b25-14-. The van der Waals surface area contributed by atoms with Gasteiger partial charge in [-0.2, -0.15) is 5.10 Å². The van der Waals surface area contributed by atoms with Crippen LogP contribution in [0.2, 0.25) is 0 Å². The van der Waals surface area contributed by atoms with E-state index in [0.717, 1.165) is 11.1 Å². The van der Waals surface area contributed by atoms with Gasteiger partial charge in [0.15, 0.2) is 11.5 Å². The summed E-state index contributed by atoms with van der Waals surface area (Å²) in [5.41, 5.74) is 9.62. The number of benzene rings is 3. The SMILES string of the molecule is NC(=O)C(=O)N/N=C\c1ccc(OCc2ccccc2)c(OCc2ccccc2)c1. The van der Waals surface area contributed by atoms with Gasteiger partial charge in [0.1, 0.15) is 13.2 Å². The van der Waals surface area contributed by atoms with E-state index < -0.39 is 11.8 Å². The van der Waals surface area contributed by atoms with Crippen molar-refractivity contribution < 1.29 is 19.1 Å². The molecule has 2 amide bonds. The van der Waals surface area contributed by atoms with Crippen molar-refractivity contribution in [3.05, 3.63) is 95.6 Å². The molecule has 7 heteroatoms. The van der Waals surface area contributed by atoms with Gasteiger partial charge in [-0.15, -0.1) is 0 Å². The normalized spacial score (nSPS) is 10.5. The van der Waals surface area contributed by atoms with E-state index in [2.05, 4.69) is 10.5 Å². The molecule has 0 unspecified atom stereocenters. The highest BCUT2D eigenvalue weighted by Crippen LogP contribution is 2.29. The number of rotatable bonds is 8. The second-order valence-electron chi connectivity index (χ2n) is 6.32. The molecule has 0 saturated heterocycles. The average molecular weight is 403 g/mol. The minimum Gasteiger partial charge on any atom is -0.485 e. The second kappa shape index (κ2) is 10.4. The largest absolute Gasteiger partial charge is 0.485 e. The lowest BCUT2D eigenvalue weighted by Crippen LogP contribution is -2.32. The van der Waals surface area contributed by atoms with Gasteiger partial charge in [-0.05, 0) is 34.9 Å². The molecular weight excluding hydrogens is 382 g/mol. The summed E-state index contributed by atoms with van der Waals surface area (Å²) in [6.07, 6.45) is 1.39. The summed E-state index contributed by atoms with van der Waals surface area (Å²) in [7, 11) is 0. The van der Waals surface area contributed by atoms with Gasteiger partial charge in [0.2, 0.25) is 0 Å². The Balaban J connectivity index is 1.75. The van der Waals surface area contributed by atoms with Crippen LogP contribution in [0.25, 0.3) is 0 Å². The highest BCUT2D eigenvalue weighted by Gasteiger charge is 2.09. The third-order valence-electron chi connectivity index (χ3n) is 4.05. The maximum atomic E-state index is 11.2. The summed E-state index contributed by atoms with van der Waals surface area (Å²) in [5.74, 6) is -0.994. The van der Waals surface area contributed by atoms with E-state index in [-0.39, 0.29) is 0 Å². The van der Waals surface area contributed by atoms with E-state index in [9.17, 15) is 9.59 Å². The molecule has 0 saturated carbocycles. The fourth-order valence-corrected chi connectivity index (χ4v) is 2.53. The molecule has 3 N–H and O–H groups in total. The van der Waals surface area contributed by atoms with Crippen LogP contribution in [0.5, 0.6) is 11.5 Å². The fourth-order valence-electron chi connectivity index (χ4n) is 2.53. The highest BCUT2D eigenvalue weighted by atomic mass is 16.5. The third kappa shape index (κ3) is 6.20. The minimum atomic E-state index is -1.11. The quantitative estimate of drug-likeness (QED) is 0.343. The number of carbonyl (C=O) groups excluding carboxylic acids is 2. The van der Waals surface area contributed by atoms with Crippen molar-refractivity contribution in [3.8, 4) is 11.5 Å². The lowest BCUT2D eigenvalue weighted by Gasteiger charge is -2.14. The lowest BCUT2D eigenvalue weighted by molar-refractivity contribution is -0.137. The van der Waals surface area contributed by atoms with E-state index >= 15 is 0 Å². The van der Waals surface area contributed by atoms with Crippen molar-refractivity contribution in [1.29, 1.82) is 0 Å². The van der Waals surface area contributed by atoms with Crippen molar-refractivity contribution in [2.24, 2.45) is 10.8 Å². The molecule has 7 nitrogen and oxygen atoms in total. The van der Waals surface area contributed by atoms with Gasteiger partial charge in [0, 0.05) is 0 Å². The Kier molecular flexibility index (Phi) is 7.16. The Labute approximate surface area is 174 Å². The number of nitrogens with one attached hydrogen (secondary N) is 1. The first kappa shape index (κ1) is 20.6. The van der Waals surface area contributed by atoms with Crippen LogP contribution in [-0.2, 0) is 22.8 Å². The van der Waals surface area contributed by atoms with E-state index in [1.165, 1.54) is 6.21 Å². The molecule has 3 aromatic rings. The van der Waals surface area contributed by atoms with Gasteiger partial charge in [-0.1, -0.05) is 60.7 Å². The number of hydrogen-bond acceptors (Lipinski definition) is 5. The summed E-state index contributed by atoms with van der Waals surface area (Å²) in [4.78, 5) is 21.9. The number of nitrogens with zero attached hydrogens (tertiary/aromatic N) is 1. The van der Waals surface area contributed by atoms with E-state index in [1.807, 2.05) is 60.7 Å². The van der Waals surface area contributed by atoms with Crippen LogP contribution in [-0.4, -0.2) is 18.0 Å². The summed E-state index contributed by atoms with van der Waals surface area (Å²) in [5, 5.41) is 3.72. The Bertz CT molecular complexity index is 1020. The molecule has 0 spiro atoms. The fraction of sp³-hybridized carbons (Fsp3) is 0.0870. The van der Waals surface area contributed by atoms with Crippen molar-refractivity contribution in [3.63, 3.8) is 0 Å². The van der Waals surface area contributed by atoms with Crippen LogP contribution in [0, 0.1) is 0 Å². The maximum Gasteiger partial charge on any atom is 0.329 e. The van der Waals surface area contributed by atoms with Crippen LogP contribution < -0.4 is 20.6 Å². The summed E-state index contributed by atoms with van der Waals surface area (Å²) in [6, 6.07) is 24.8. The summed E-state index contributed by atoms with van der Waals surface area (Å²) < 4.78 is 11.9. The number of hydrazone groups is 1. The first-order chi connectivity index (χ1) is 14.6. The van der Waals surface area contributed by atoms with E-state index in [1.54, 1.807) is 18.2 Å². The third-order valence-corrected chi connectivity index (χ3v) is 4.05. The number of primary amides is 1. The van der Waals surface area contributed by atoms with Crippen molar-refractivity contribution in [1.82, 2.24) is 5.43 Å². The number of carbonyl (C=O) groups is 2. The Morgan fingerprint density at radius 2 is 1.40 bits per heavy atom. The highest BCUT2D eigenvalue weighted by molar-refractivity contribution is 6.34. The number of amides is 2. The molecule has 0 aliphatic heterocycles. The summed E-state index contributed by atoms with van der Waals surface area (Å²) >= 11 is 0. The number of nitrogens with two attached hydrogens (primary N) is 1. The van der Waals surface area contributed by atoms with E-state index in [0.29, 0.717) is 30.3 Å². The average Bonchev–Trinajstić information content (AvgIpc) is 2.78. The number of hydrogen-bond donors (Lipinski definition) is 2. The summed E-state index contributed by atoms with van der Waals surface area (Å²) in [6.45, 7) is 0.756. The minimum absolute atomic E-state index is 0.363. The van der Waals surface area contributed by atoms with Crippen molar-refractivity contribution >= 4 is 18.0 Å². The molecule has 3 rings (SSSR count). The Morgan fingerprint density at radius 1 is 0.833 bits per heavy atom. The molecule has 0 aromatic heterocycles. The second-order valence-corrected chi connectivity index (χ2v) is 6.32. The first-order valence-electron chi connectivity index (χ1n) is 9.22. The number of ether oxygens (including phenoxy) is 2. The van der Waals surface area contributed by atoms with Crippen LogP contribution >= 0.6 is 0 Å². The molecule has 0 fully saturated rings. The Hall–Kier alpha value is -4.13. The molecule has 0 radical (unpaired) electrons. The predicted octanol–water partition coefficient (Wildman–Crippen LogP) is 2.78. The van der Waals surface area contributed by atoms with Crippen LogP contribution in [0.1, 0.15) is 16.7 Å². The molecular formula is C23H21N3O4. The van der Waals surface area contributed by atoms with Gasteiger partial charge in [0.05, 0.1) is 6.21 Å². The molecule has 30 heavy (non-hydrogen) atoms. The van der Waals surface area contributed by atoms with Gasteiger partial charge in [0.25, 0.3) is 0 Å². The first-order valence-corrected chi connectivity index (χ1v) is 9.22. The van der Waals surface area contributed by atoms with Gasteiger partial charge in [-0.25, -0.2) is 5.43 Å². The molecule has 0 heterocycles. The van der Waals surface area contributed by atoms with Gasteiger partial charge >= 0.3 is 11.8 Å². The van der Waals surface area contributed by atoms with Crippen LogP contribution in [0.4, 0.5) is 0 Å². The molecule has 152 valence electrons. The molecule has 0 atom stereocenters. The monoisotopic (exact) mass is 403 g/mol. The maximum absolute atomic E-state index is 11.2. The zero-order chi connectivity index (χ0) is 21.2. The molecule has 0 aliphatic carbocycles.